The third-order valence-corrected chi connectivity index (χ3v) is 6.93. The lowest BCUT2D eigenvalue weighted by Gasteiger charge is -2.43. The Morgan fingerprint density at radius 1 is 0.969 bits per heavy atom. The zero-order valence-corrected chi connectivity index (χ0v) is 18.3. The number of nitrogens with one attached hydrogen (secondary N) is 1. The van der Waals surface area contributed by atoms with E-state index in [1.807, 2.05) is 39.1 Å². The molecule has 2 aromatic heterocycles. The molecule has 1 N–H and O–H groups in total. The first-order valence-electron chi connectivity index (χ1n) is 10.7. The highest BCUT2D eigenvalue weighted by atomic mass is 32.1. The van der Waals surface area contributed by atoms with Crippen LogP contribution in [-0.4, -0.2) is 34.4 Å². The van der Waals surface area contributed by atoms with Crippen molar-refractivity contribution in [1.29, 1.82) is 0 Å². The summed E-state index contributed by atoms with van der Waals surface area (Å²) in [7, 11) is 0. The van der Waals surface area contributed by atoms with Crippen molar-refractivity contribution in [2.45, 2.75) is 18.9 Å². The maximum Gasteiger partial charge on any atom is 0.270 e. The van der Waals surface area contributed by atoms with Gasteiger partial charge in [-0.2, -0.15) is 0 Å². The molecule has 2 aliphatic rings. The molecule has 6 nitrogen and oxygen atoms in total. The smallest absolute Gasteiger partial charge is 0.270 e. The molecule has 1 aromatic carbocycles. The van der Waals surface area contributed by atoms with Crippen molar-refractivity contribution in [3.8, 4) is 0 Å². The van der Waals surface area contributed by atoms with Crippen LogP contribution in [0.3, 0.4) is 0 Å². The molecule has 0 spiro atoms. The average Bonchev–Trinajstić information content (AvgIpc) is 3.32. The van der Waals surface area contributed by atoms with E-state index in [1.165, 1.54) is 11.3 Å². The van der Waals surface area contributed by atoms with Gasteiger partial charge in [-0.15, -0.1) is 11.3 Å². The standard InChI is InChI=1S/C25H23N3O3S/c29-23-10-4-9-22-19-12-17(15-28(22)23)14-27(16-19)25(31)21(13-20-8-5-11-32-20)26-24(30)18-6-2-1-3-7-18/h1-11,13,17,19H,12,14-16H2,(H,26,30). The topological polar surface area (TPSA) is 71.4 Å². The fourth-order valence-corrected chi connectivity index (χ4v) is 5.34. The Kier molecular flexibility index (Phi) is 5.49. The quantitative estimate of drug-likeness (QED) is 0.627. The number of hydrogen-bond donors (Lipinski definition) is 1. The highest BCUT2D eigenvalue weighted by Crippen LogP contribution is 2.35. The van der Waals surface area contributed by atoms with Crippen molar-refractivity contribution < 1.29 is 9.59 Å². The fourth-order valence-electron chi connectivity index (χ4n) is 4.68. The fraction of sp³-hybridized carbons (Fsp3) is 0.240. The number of carbonyl (C=O) groups is 2. The Bertz CT molecular complexity index is 1230. The van der Waals surface area contributed by atoms with Gasteiger partial charge in [-0.25, -0.2) is 0 Å². The maximum atomic E-state index is 13.6. The summed E-state index contributed by atoms with van der Waals surface area (Å²) in [6, 6.07) is 18.1. The number of aromatic nitrogens is 1. The average molecular weight is 446 g/mol. The summed E-state index contributed by atoms with van der Waals surface area (Å²) in [6.07, 6.45) is 2.71. The van der Waals surface area contributed by atoms with Crippen LogP contribution in [0.2, 0.25) is 0 Å². The molecule has 5 rings (SSSR count). The number of benzene rings is 1. The van der Waals surface area contributed by atoms with E-state index < -0.39 is 0 Å². The number of fused-ring (bicyclic) bond motifs is 4. The minimum absolute atomic E-state index is 0.0189. The number of carbonyl (C=O) groups excluding carboxylic acids is 2. The van der Waals surface area contributed by atoms with Gasteiger partial charge in [-0.3, -0.25) is 14.4 Å². The van der Waals surface area contributed by atoms with E-state index in [0.717, 1.165) is 17.0 Å². The van der Waals surface area contributed by atoms with Gasteiger partial charge in [0, 0.05) is 47.8 Å². The van der Waals surface area contributed by atoms with Crippen molar-refractivity contribution >= 4 is 29.2 Å². The number of piperidine rings is 1. The van der Waals surface area contributed by atoms with Crippen LogP contribution in [0.25, 0.3) is 6.08 Å². The molecule has 3 aromatic rings. The van der Waals surface area contributed by atoms with Gasteiger partial charge in [0.2, 0.25) is 0 Å². The summed E-state index contributed by atoms with van der Waals surface area (Å²) in [4.78, 5) is 41.4. The zero-order chi connectivity index (χ0) is 22.1. The van der Waals surface area contributed by atoms with Gasteiger partial charge in [0.15, 0.2) is 0 Å². The largest absolute Gasteiger partial charge is 0.336 e. The molecule has 2 atom stereocenters. The van der Waals surface area contributed by atoms with E-state index in [-0.39, 0.29) is 34.9 Å². The van der Waals surface area contributed by atoms with E-state index >= 15 is 0 Å². The van der Waals surface area contributed by atoms with E-state index in [9.17, 15) is 14.4 Å². The molecular weight excluding hydrogens is 422 g/mol. The van der Waals surface area contributed by atoms with Gasteiger partial charge in [0.1, 0.15) is 5.70 Å². The van der Waals surface area contributed by atoms with Crippen LogP contribution in [0, 0.1) is 5.92 Å². The second kappa shape index (κ2) is 8.59. The zero-order valence-electron chi connectivity index (χ0n) is 17.4. The van der Waals surface area contributed by atoms with Crippen LogP contribution >= 0.6 is 11.3 Å². The van der Waals surface area contributed by atoms with E-state index in [2.05, 4.69) is 5.32 Å². The Labute approximate surface area is 189 Å². The van der Waals surface area contributed by atoms with E-state index in [0.29, 0.717) is 25.2 Å². The van der Waals surface area contributed by atoms with E-state index in [4.69, 9.17) is 0 Å². The van der Waals surface area contributed by atoms with Crippen LogP contribution in [-0.2, 0) is 11.3 Å². The lowest BCUT2D eigenvalue weighted by molar-refractivity contribution is -0.130. The lowest BCUT2D eigenvalue weighted by atomic mass is 9.83. The highest BCUT2D eigenvalue weighted by Gasteiger charge is 2.37. The Morgan fingerprint density at radius 2 is 1.81 bits per heavy atom. The molecule has 2 aliphatic heterocycles. The normalized spacial score (nSPS) is 19.9. The van der Waals surface area contributed by atoms with Gasteiger partial charge in [-0.05, 0) is 48.1 Å². The molecule has 4 heterocycles. The first kappa shape index (κ1) is 20.5. The molecule has 32 heavy (non-hydrogen) atoms. The van der Waals surface area contributed by atoms with Gasteiger partial charge in [0.25, 0.3) is 17.4 Å². The predicted molar refractivity (Wildman–Crippen MR) is 124 cm³/mol. The molecule has 0 aliphatic carbocycles. The van der Waals surface area contributed by atoms with Crippen molar-refractivity contribution in [3.05, 3.63) is 98.2 Å². The monoisotopic (exact) mass is 445 g/mol. The second-order valence-electron chi connectivity index (χ2n) is 8.30. The number of nitrogens with zero attached hydrogens (tertiary/aromatic N) is 2. The SMILES string of the molecule is O=C(NC(=Cc1cccs1)C(=O)N1CC2CC(C1)c1cccc(=O)n1C2)c1ccccc1. The van der Waals surface area contributed by atoms with Crippen LogP contribution in [0.4, 0.5) is 0 Å². The number of pyridine rings is 1. The molecular formula is C25H23N3O3S. The lowest BCUT2D eigenvalue weighted by Crippen LogP contribution is -2.50. The minimum atomic E-state index is -0.309. The van der Waals surface area contributed by atoms with Gasteiger partial charge in [0.05, 0.1) is 0 Å². The van der Waals surface area contributed by atoms with Crippen molar-refractivity contribution in [3.63, 3.8) is 0 Å². The summed E-state index contributed by atoms with van der Waals surface area (Å²) in [5.41, 5.74) is 1.78. The second-order valence-corrected chi connectivity index (χ2v) is 9.28. The summed E-state index contributed by atoms with van der Waals surface area (Å²) < 4.78 is 1.85. The molecule has 1 fully saturated rings. The first-order valence-corrected chi connectivity index (χ1v) is 11.6. The van der Waals surface area contributed by atoms with Crippen molar-refractivity contribution in [2.24, 2.45) is 5.92 Å². The summed E-state index contributed by atoms with van der Waals surface area (Å²) >= 11 is 1.51. The summed E-state index contributed by atoms with van der Waals surface area (Å²) in [6.45, 7) is 1.72. The number of hydrogen-bond acceptors (Lipinski definition) is 4. The molecule has 7 heteroatoms. The van der Waals surface area contributed by atoms with Crippen molar-refractivity contribution in [2.75, 3.05) is 13.1 Å². The highest BCUT2D eigenvalue weighted by molar-refractivity contribution is 7.10. The maximum absolute atomic E-state index is 13.6. The van der Waals surface area contributed by atoms with Crippen molar-refractivity contribution in [1.82, 2.24) is 14.8 Å². The number of rotatable bonds is 4. The summed E-state index contributed by atoms with van der Waals surface area (Å²) in [5, 5.41) is 4.78. The Morgan fingerprint density at radius 3 is 2.59 bits per heavy atom. The van der Waals surface area contributed by atoms with Crippen LogP contribution in [0.15, 0.2) is 76.5 Å². The van der Waals surface area contributed by atoms with Gasteiger partial charge in [-0.1, -0.05) is 30.3 Å². The molecule has 162 valence electrons. The molecule has 1 saturated heterocycles. The predicted octanol–water partition coefficient (Wildman–Crippen LogP) is 3.33. The molecule has 0 radical (unpaired) electrons. The minimum Gasteiger partial charge on any atom is -0.336 e. The number of amides is 2. The molecule has 2 bridgehead atoms. The van der Waals surface area contributed by atoms with Crippen LogP contribution < -0.4 is 10.9 Å². The Hall–Kier alpha value is -3.45. The van der Waals surface area contributed by atoms with E-state index in [1.54, 1.807) is 42.5 Å². The van der Waals surface area contributed by atoms with Gasteiger partial charge >= 0.3 is 0 Å². The molecule has 2 amide bonds. The number of likely N-dealkylation sites (tertiary alicyclic amines) is 1. The first-order chi connectivity index (χ1) is 15.6. The molecule has 0 saturated carbocycles. The Balaban J connectivity index is 1.42. The van der Waals surface area contributed by atoms with Crippen LogP contribution in [0.5, 0.6) is 0 Å². The molecule has 2 unspecified atom stereocenters. The number of thiophene rings is 1. The van der Waals surface area contributed by atoms with Crippen LogP contribution in [0.1, 0.15) is 33.3 Å². The van der Waals surface area contributed by atoms with Gasteiger partial charge < -0.3 is 14.8 Å². The third-order valence-electron chi connectivity index (χ3n) is 6.11. The summed E-state index contributed by atoms with van der Waals surface area (Å²) in [5.74, 6) is -0.161. The third kappa shape index (κ3) is 4.03.